The molecule has 1 heterocycles. The number of amidine groups is 1. The Morgan fingerprint density at radius 2 is 1.95 bits per heavy atom. The van der Waals surface area contributed by atoms with Crippen LogP contribution in [0.2, 0.25) is 0 Å². The first-order valence-corrected chi connectivity index (χ1v) is 7.69. The van der Waals surface area contributed by atoms with E-state index in [1.165, 1.54) is 4.31 Å². The molecule has 0 radical (unpaired) electrons. The Morgan fingerprint density at radius 1 is 1.40 bits per heavy atom. The monoisotopic (exact) mass is 307 g/mol. The molecule has 1 unspecified atom stereocenters. The SMILES string of the molecule is CCC(C(=N)N)N1CCN(S(=O)(=O)NC(=O)OC)CC1. The van der Waals surface area contributed by atoms with Crippen LogP contribution in [0.15, 0.2) is 0 Å². The second-order valence-electron chi connectivity index (χ2n) is 4.41. The van der Waals surface area contributed by atoms with Crippen LogP contribution in [-0.2, 0) is 14.9 Å². The standard InChI is InChI=1S/C10H21N5O4S/c1-3-8(9(11)12)14-4-6-15(7-5-14)20(17,18)13-10(16)19-2/h8H,3-7H2,1-2H3,(H3,11,12)(H,13,16). The van der Waals surface area contributed by atoms with Crippen molar-refractivity contribution in [3.05, 3.63) is 0 Å². The number of hydrogen-bond donors (Lipinski definition) is 3. The number of nitrogens with one attached hydrogen (secondary N) is 2. The zero-order valence-electron chi connectivity index (χ0n) is 11.6. The topological polar surface area (TPSA) is 129 Å². The summed E-state index contributed by atoms with van der Waals surface area (Å²) >= 11 is 0. The Morgan fingerprint density at radius 3 is 2.35 bits per heavy atom. The molecule has 116 valence electrons. The van der Waals surface area contributed by atoms with Gasteiger partial charge < -0.3 is 10.5 Å². The molecule has 0 aliphatic carbocycles. The molecule has 0 spiro atoms. The minimum absolute atomic E-state index is 0.0801. The van der Waals surface area contributed by atoms with Crippen LogP contribution in [0.1, 0.15) is 13.3 Å². The third-order valence-corrected chi connectivity index (χ3v) is 4.67. The molecule has 0 aromatic rings. The zero-order chi connectivity index (χ0) is 15.3. The van der Waals surface area contributed by atoms with Gasteiger partial charge in [-0.3, -0.25) is 10.3 Å². The van der Waals surface area contributed by atoms with Crippen LogP contribution >= 0.6 is 0 Å². The summed E-state index contributed by atoms with van der Waals surface area (Å²) in [6, 6.07) is -0.173. The van der Waals surface area contributed by atoms with E-state index >= 15 is 0 Å². The normalized spacial score (nSPS) is 19.3. The lowest BCUT2D eigenvalue weighted by molar-refractivity contribution is 0.159. The lowest BCUT2D eigenvalue weighted by atomic mass is 10.1. The second kappa shape index (κ2) is 6.86. The average molecular weight is 307 g/mol. The predicted octanol–water partition coefficient (Wildman–Crippen LogP) is -1.08. The van der Waals surface area contributed by atoms with Gasteiger partial charge >= 0.3 is 16.3 Å². The van der Waals surface area contributed by atoms with Crippen LogP contribution in [0.25, 0.3) is 0 Å². The van der Waals surface area contributed by atoms with E-state index < -0.39 is 16.3 Å². The van der Waals surface area contributed by atoms with Crippen molar-refractivity contribution in [2.24, 2.45) is 5.73 Å². The van der Waals surface area contributed by atoms with Crippen LogP contribution in [0.3, 0.4) is 0 Å². The fraction of sp³-hybridized carbons (Fsp3) is 0.800. The Hall–Kier alpha value is -1.39. The number of methoxy groups -OCH3 is 1. The van der Waals surface area contributed by atoms with Crippen molar-refractivity contribution in [3.8, 4) is 0 Å². The second-order valence-corrected chi connectivity index (χ2v) is 6.08. The van der Waals surface area contributed by atoms with Crippen LogP contribution in [0.5, 0.6) is 0 Å². The highest BCUT2D eigenvalue weighted by molar-refractivity contribution is 7.87. The molecule has 1 atom stereocenters. The summed E-state index contributed by atoms with van der Waals surface area (Å²) in [7, 11) is -2.77. The fourth-order valence-electron chi connectivity index (χ4n) is 2.14. The van der Waals surface area contributed by atoms with E-state index in [0.717, 1.165) is 7.11 Å². The van der Waals surface area contributed by atoms with Gasteiger partial charge in [0.15, 0.2) is 0 Å². The van der Waals surface area contributed by atoms with Crippen molar-refractivity contribution in [1.82, 2.24) is 13.9 Å². The summed E-state index contributed by atoms with van der Waals surface area (Å²) in [6.45, 7) is 3.31. The van der Waals surface area contributed by atoms with Gasteiger partial charge in [-0.05, 0) is 6.42 Å². The molecule has 1 aliphatic rings. The van der Waals surface area contributed by atoms with Crippen molar-refractivity contribution in [2.45, 2.75) is 19.4 Å². The quantitative estimate of drug-likeness (QED) is 0.438. The number of amides is 1. The summed E-state index contributed by atoms with van der Waals surface area (Å²) in [4.78, 5) is 12.9. The summed E-state index contributed by atoms with van der Waals surface area (Å²) in [6.07, 6.45) is -0.315. The minimum atomic E-state index is -3.87. The van der Waals surface area contributed by atoms with E-state index in [1.54, 1.807) is 0 Å². The molecule has 9 nitrogen and oxygen atoms in total. The smallest absolute Gasteiger partial charge is 0.421 e. The van der Waals surface area contributed by atoms with Gasteiger partial charge in [-0.2, -0.15) is 12.7 Å². The van der Waals surface area contributed by atoms with Crippen molar-refractivity contribution >= 4 is 22.1 Å². The van der Waals surface area contributed by atoms with Gasteiger partial charge in [0, 0.05) is 26.2 Å². The number of nitrogens with zero attached hydrogens (tertiary/aromatic N) is 2. The fourth-order valence-corrected chi connectivity index (χ4v) is 3.21. The molecule has 1 aliphatic heterocycles. The molecular formula is C10H21N5O4S. The molecule has 10 heteroatoms. The van der Waals surface area contributed by atoms with E-state index in [9.17, 15) is 13.2 Å². The van der Waals surface area contributed by atoms with Gasteiger partial charge in [0.2, 0.25) is 0 Å². The number of nitrogens with two attached hydrogens (primary N) is 1. The Balaban J connectivity index is 2.62. The molecule has 1 amide bonds. The lowest BCUT2D eigenvalue weighted by Crippen LogP contribution is -2.57. The highest BCUT2D eigenvalue weighted by atomic mass is 32.2. The molecular weight excluding hydrogens is 286 g/mol. The number of piperazine rings is 1. The van der Waals surface area contributed by atoms with E-state index in [-0.39, 0.29) is 25.0 Å². The maximum atomic E-state index is 11.9. The highest BCUT2D eigenvalue weighted by Gasteiger charge is 2.31. The van der Waals surface area contributed by atoms with Gasteiger partial charge in [0.05, 0.1) is 13.2 Å². The largest absolute Gasteiger partial charge is 0.452 e. The molecule has 0 aromatic carbocycles. The molecule has 1 rings (SSSR count). The maximum absolute atomic E-state index is 11.9. The zero-order valence-corrected chi connectivity index (χ0v) is 12.4. The van der Waals surface area contributed by atoms with E-state index in [4.69, 9.17) is 11.1 Å². The third-order valence-electron chi connectivity index (χ3n) is 3.20. The first-order valence-electron chi connectivity index (χ1n) is 6.25. The van der Waals surface area contributed by atoms with Crippen molar-refractivity contribution in [3.63, 3.8) is 0 Å². The van der Waals surface area contributed by atoms with Crippen molar-refractivity contribution < 1.29 is 17.9 Å². The summed E-state index contributed by atoms with van der Waals surface area (Å²) in [5.74, 6) is 0.0801. The molecule has 20 heavy (non-hydrogen) atoms. The molecule has 4 N–H and O–H groups in total. The molecule has 1 fully saturated rings. The maximum Gasteiger partial charge on any atom is 0.421 e. The Kier molecular flexibility index (Phi) is 5.72. The first kappa shape index (κ1) is 16.7. The first-order chi connectivity index (χ1) is 9.31. The average Bonchev–Trinajstić information content (AvgIpc) is 2.39. The van der Waals surface area contributed by atoms with Gasteiger partial charge in [-0.25, -0.2) is 9.52 Å². The predicted molar refractivity (Wildman–Crippen MR) is 73.6 cm³/mol. The van der Waals surface area contributed by atoms with Crippen molar-refractivity contribution in [1.29, 1.82) is 5.41 Å². The van der Waals surface area contributed by atoms with E-state index in [1.807, 2.05) is 16.5 Å². The number of carbonyl (C=O) groups excluding carboxylic acids is 1. The van der Waals surface area contributed by atoms with Gasteiger partial charge in [-0.15, -0.1) is 0 Å². The summed E-state index contributed by atoms with van der Waals surface area (Å²) in [5.41, 5.74) is 5.52. The van der Waals surface area contributed by atoms with Gasteiger partial charge in [0.25, 0.3) is 0 Å². The minimum Gasteiger partial charge on any atom is -0.452 e. The van der Waals surface area contributed by atoms with E-state index in [0.29, 0.717) is 19.5 Å². The molecule has 0 aromatic heterocycles. The van der Waals surface area contributed by atoms with Crippen LogP contribution in [0, 0.1) is 5.41 Å². The van der Waals surface area contributed by atoms with Gasteiger partial charge in [0.1, 0.15) is 5.84 Å². The van der Waals surface area contributed by atoms with Crippen LogP contribution < -0.4 is 10.5 Å². The Labute approximate surface area is 118 Å². The van der Waals surface area contributed by atoms with Crippen LogP contribution in [-0.4, -0.2) is 68.9 Å². The Bertz CT molecular complexity index is 458. The van der Waals surface area contributed by atoms with Crippen molar-refractivity contribution in [2.75, 3.05) is 33.3 Å². The van der Waals surface area contributed by atoms with Gasteiger partial charge in [-0.1, -0.05) is 6.92 Å². The van der Waals surface area contributed by atoms with E-state index in [2.05, 4.69) is 4.74 Å². The summed E-state index contributed by atoms with van der Waals surface area (Å²) < 4.78 is 31.0. The molecule has 0 saturated carbocycles. The lowest BCUT2D eigenvalue weighted by Gasteiger charge is -2.37. The highest BCUT2D eigenvalue weighted by Crippen LogP contribution is 2.11. The molecule has 1 saturated heterocycles. The van der Waals surface area contributed by atoms with Crippen LogP contribution in [0.4, 0.5) is 4.79 Å². The third kappa shape index (κ3) is 4.05. The number of hydrogen-bond acceptors (Lipinski definition) is 6. The number of carbonyl (C=O) groups is 1. The summed E-state index contributed by atoms with van der Waals surface area (Å²) in [5, 5.41) is 7.51. The number of ether oxygens (including phenoxy) is 1. The molecule has 0 bridgehead atoms. The number of rotatable bonds is 5.